The average molecular weight is 745 g/mol. The van der Waals surface area contributed by atoms with E-state index in [4.69, 9.17) is 18.9 Å². The van der Waals surface area contributed by atoms with Gasteiger partial charge < -0.3 is 18.9 Å². The van der Waals surface area contributed by atoms with Crippen LogP contribution in [0.15, 0.2) is 56.2 Å². The van der Waals surface area contributed by atoms with Crippen molar-refractivity contribution in [3.63, 3.8) is 0 Å². The van der Waals surface area contributed by atoms with Gasteiger partial charge in [0.05, 0.1) is 19.4 Å². The van der Waals surface area contributed by atoms with Crippen molar-refractivity contribution in [1.29, 1.82) is 0 Å². The molecule has 2 aliphatic heterocycles. The number of esters is 2. The number of hydrogen-bond donors (Lipinski definition) is 0. The van der Waals surface area contributed by atoms with Crippen molar-refractivity contribution in [2.75, 3.05) is 13.2 Å². The fraction of sp³-hybridized carbons (Fsp3) is 0.605. The topological polar surface area (TPSA) is 163 Å². The van der Waals surface area contributed by atoms with Gasteiger partial charge in [0.15, 0.2) is 40.1 Å². The van der Waals surface area contributed by atoms with Crippen molar-refractivity contribution in [1.82, 2.24) is 0 Å². The van der Waals surface area contributed by atoms with Gasteiger partial charge in [0.1, 0.15) is 18.8 Å². The van der Waals surface area contributed by atoms with E-state index in [9.17, 15) is 33.6 Å². The van der Waals surface area contributed by atoms with Crippen LogP contribution in [0.25, 0.3) is 0 Å². The monoisotopic (exact) mass is 744 g/mol. The first kappa shape index (κ1) is 39.6. The Balaban J connectivity index is 1.14. The van der Waals surface area contributed by atoms with E-state index in [1.165, 1.54) is 0 Å². The molecule has 54 heavy (non-hydrogen) atoms. The van der Waals surface area contributed by atoms with Gasteiger partial charge >= 0.3 is 11.9 Å². The van der Waals surface area contributed by atoms with Gasteiger partial charge in [-0.1, -0.05) is 47.1 Å². The Morgan fingerprint density at radius 2 is 1.22 bits per heavy atom. The molecule has 6 unspecified atom stereocenters. The Bertz CT molecular complexity index is 2010. The molecule has 0 N–H and O–H groups in total. The van der Waals surface area contributed by atoms with E-state index in [1.54, 1.807) is 75.3 Å². The SMILES string of the molecule is CC1=C(C)C(=O)C(C(C)(C)CC(=O)OCC2(C34OC3C3(C)C(=CC4=O)CCC(OC(=O)CC(C)(C)C4=C(C)C(=O)C(C)=C(C)C4=O)C3C)CO2)=C(C)C1=O. The Morgan fingerprint density at radius 3 is 1.70 bits per heavy atom. The zero-order valence-corrected chi connectivity index (χ0v) is 33.5. The molecule has 6 atom stereocenters. The first-order valence-electron chi connectivity index (χ1n) is 18.8. The van der Waals surface area contributed by atoms with Crippen LogP contribution in [0, 0.1) is 22.2 Å². The highest BCUT2D eigenvalue weighted by Gasteiger charge is 2.85. The largest absolute Gasteiger partial charge is 0.462 e. The molecule has 1 saturated carbocycles. The summed E-state index contributed by atoms with van der Waals surface area (Å²) in [7, 11) is 0. The summed E-state index contributed by atoms with van der Waals surface area (Å²) in [6.45, 7) is 20.6. The summed E-state index contributed by atoms with van der Waals surface area (Å²) in [6.07, 6.45) is 1.21. The van der Waals surface area contributed by atoms with E-state index >= 15 is 0 Å². The van der Waals surface area contributed by atoms with Crippen LogP contribution >= 0.6 is 0 Å². The number of ketones is 5. The Morgan fingerprint density at radius 1 is 0.759 bits per heavy atom. The van der Waals surface area contributed by atoms with Gasteiger partial charge in [-0.2, -0.15) is 0 Å². The number of fused-ring (bicyclic) bond motifs is 3. The molecule has 290 valence electrons. The molecule has 0 bridgehead atoms. The molecule has 0 aromatic heterocycles. The normalized spacial score (nSPS) is 32.9. The fourth-order valence-electron chi connectivity index (χ4n) is 9.68. The smallest absolute Gasteiger partial charge is 0.306 e. The summed E-state index contributed by atoms with van der Waals surface area (Å²) in [6, 6.07) is 0. The van der Waals surface area contributed by atoms with E-state index in [0.29, 0.717) is 57.4 Å². The number of hydrogen-bond acceptors (Lipinski definition) is 11. The minimum absolute atomic E-state index is 0.105. The highest BCUT2D eigenvalue weighted by atomic mass is 16.7. The lowest BCUT2D eigenvalue weighted by molar-refractivity contribution is -0.158. The van der Waals surface area contributed by atoms with Crippen molar-refractivity contribution in [3.05, 3.63) is 56.2 Å². The van der Waals surface area contributed by atoms with Crippen molar-refractivity contribution in [2.24, 2.45) is 22.2 Å². The van der Waals surface area contributed by atoms with E-state index in [-0.39, 0.29) is 60.9 Å². The summed E-state index contributed by atoms with van der Waals surface area (Å²) >= 11 is 0. The molecule has 2 heterocycles. The van der Waals surface area contributed by atoms with Crippen molar-refractivity contribution >= 4 is 40.9 Å². The minimum Gasteiger partial charge on any atom is -0.462 e. The molecule has 11 heteroatoms. The molecule has 0 aromatic carbocycles. The molecule has 2 saturated heterocycles. The van der Waals surface area contributed by atoms with Crippen LogP contribution in [0.1, 0.15) is 109 Å². The standard InChI is InChI=1S/C43H52O11/c1-20-22(3)36(49)32(24(5)34(20)47)39(8,9)16-30(45)51-18-42(19-52-42)43-29(44)15-27-13-14-28(26(7)41(27,12)38(43)54-43)53-31(46)17-40(10,11)33-25(6)35(48)21(2)23(4)37(33)50/h15,26,28,38H,13-14,16-19H2,1-12H3. The summed E-state index contributed by atoms with van der Waals surface area (Å²) in [5.41, 5.74) is -1.48. The molecular weight excluding hydrogens is 692 g/mol. The summed E-state index contributed by atoms with van der Waals surface area (Å²) < 4.78 is 24.2. The molecule has 0 aromatic rings. The van der Waals surface area contributed by atoms with E-state index in [0.717, 1.165) is 5.57 Å². The number of rotatable bonds is 10. The molecule has 3 fully saturated rings. The third-order valence-electron chi connectivity index (χ3n) is 13.5. The molecule has 6 aliphatic rings. The predicted molar refractivity (Wildman–Crippen MR) is 196 cm³/mol. The van der Waals surface area contributed by atoms with Crippen molar-refractivity contribution < 1.29 is 52.5 Å². The third-order valence-corrected chi connectivity index (χ3v) is 13.5. The molecule has 4 aliphatic carbocycles. The van der Waals surface area contributed by atoms with Crippen LogP contribution in [0.3, 0.4) is 0 Å². The molecule has 6 rings (SSSR count). The molecular formula is C43H52O11. The quantitative estimate of drug-likeness (QED) is 0.152. The van der Waals surface area contributed by atoms with Gasteiger partial charge in [-0.25, -0.2) is 0 Å². The molecule has 0 radical (unpaired) electrons. The van der Waals surface area contributed by atoms with Crippen LogP contribution in [0.2, 0.25) is 0 Å². The van der Waals surface area contributed by atoms with Crippen LogP contribution in [0.5, 0.6) is 0 Å². The Labute approximate surface area is 316 Å². The molecule has 11 nitrogen and oxygen atoms in total. The first-order valence-corrected chi connectivity index (χ1v) is 18.8. The van der Waals surface area contributed by atoms with Crippen LogP contribution in [0.4, 0.5) is 0 Å². The lowest BCUT2D eigenvalue weighted by Crippen LogP contribution is -2.56. The fourth-order valence-corrected chi connectivity index (χ4v) is 9.68. The first-order chi connectivity index (χ1) is 24.9. The summed E-state index contributed by atoms with van der Waals surface area (Å²) in [5, 5.41) is 0. The van der Waals surface area contributed by atoms with Gasteiger partial charge in [0.2, 0.25) is 0 Å². The lowest BCUT2D eigenvalue weighted by atomic mass is 9.56. The van der Waals surface area contributed by atoms with Crippen LogP contribution < -0.4 is 0 Å². The van der Waals surface area contributed by atoms with Gasteiger partial charge in [-0.3, -0.25) is 33.6 Å². The zero-order chi connectivity index (χ0) is 40.2. The second kappa shape index (κ2) is 12.7. The number of allylic oxidation sites excluding steroid dienone is 8. The highest BCUT2D eigenvalue weighted by Crippen LogP contribution is 2.68. The zero-order valence-electron chi connectivity index (χ0n) is 33.5. The number of carbonyl (C=O) groups excluding carboxylic acids is 7. The Kier molecular flexibility index (Phi) is 9.33. The maximum Gasteiger partial charge on any atom is 0.306 e. The molecule has 0 spiro atoms. The number of carbonyl (C=O) groups is 7. The molecule has 0 amide bonds. The Hall–Kier alpha value is -4.09. The highest BCUT2D eigenvalue weighted by molar-refractivity contribution is 6.26. The van der Waals surface area contributed by atoms with Crippen LogP contribution in [-0.2, 0) is 52.5 Å². The lowest BCUT2D eigenvalue weighted by Gasteiger charge is -2.47. The maximum absolute atomic E-state index is 13.8. The number of epoxide rings is 2. The third kappa shape index (κ3) is 5.71. The van der Waals surface area contributed by atoms with Crippen molar-refractivity contribution in [3.8, 4) is 0 Å². The van der Waals surface area contributed by atoms with E-state index < -0.39 is 51.6 Å². The second-order valence-corrected chi connectivity index (χ2v) is 17.8. The van der Waals surface area contributed by atoms with E-state index in [1.807, 2.05) is 13.8 Å². The average Bonchev–Trinajstić information content (AvgIpc) is 4.01. The van der Waals surface area contributed by atoms with E-state index in [2.05, 4.69) is 0 Å². The number of ether oxygens (including phenoxy) is 4. The van der Waals surface area contributed by atoms with Gasteiger partial charge in [-0.15, -0.1) is 0 Å². The van der Waals surface area contributed by atoms with Crippen LogP contribution in [-0.4, -0.2) is 77.5 Å². The predicted octanol–water partition coefficient (Wildman–Crippen LogP) is 5.74. The minimum atomic E-state index is -1.38. The summed E-state index contributed by atoms with van der Waals surface area (Å²) in [5.74, 6) is -2.54. The summed E-state index contributed by atoms with van der Waals surface area (Å²) in [4.78, 5) is 92.9. The van der Waals surface area contributed by atoms with Crippen molar-refractivity contribution in [2.45, 2.75) is 132 Å². The second-order valence-electron chi connectivity index (χ2n) is 17.8. The number of Topliss-reactive ketones (excluding diaryl/α,β-unsaturated/α-hetero) is 4. The van der Waals surface area contributed by atoms with Gasteiger partial charge in [-0.05, 0) is 60.5 Å². The van der Waals surface area contributed by atoms with Gasteiger partial charge in [0, 0.05) is 66.7 Å². The maximum atomic E-state index is 13.8. The van der Waals surface area contributed by atoms with Gasteiger partial charge in [0.25, 0.3) is 0 Å².